The Morgan fingerprint density at radius 1 is 1.21 bits per heavy atom. The largest absolute Gasteiger partial charge is 0.378 e. The van der Waals surface area contributed by atoms with Crippen molar-refractivity contribution in [2.24, 2.45) is 0 Å². The second-order valence-electron chi connectivity index (χ2n) is 6.99. The minimum absolute atomic E-state index is 0.0418. The highest BCUT2D eigenvalue weighted by Crippen LogP contribution is 2.25. The third-order valence-electron chi connectivity index (χ3n) is 4.98. The van der Waals surface area contributed by atoms with Crippen LogP contribution in [0.25, 0.3) is 16.6 Å². The Kier molecular flexibility index (Phi) is 5.62. The highest BCUT2D eigenvalue weighted by Gasteiger charge is 2.19. The van der Waals surface area contributed by atoms with E-state index in [-0.39, 0.29) is 5.91 Å². The van der Waals surface area contributed by atoms with Crippen LogP contribution in [0.1, 0.15) is 23.7 Å². The van der Waals surface area contributed by atoms with E-state index in [9.17, 15) is 4.79 Å². The van der Waals surface area contributed by atoms with Gasteiger partial charge in [0.15, 0.2) is 0 Å². The zero-order chi connectivity index (χ0) is 20.2. The minimum atomic E-state index is 0.0418. The minimum Gasteiger partial charge on any atom is -0.378 e. The van der Waals surface area contributed by atoms with Gasteiger partial charge in [-0.1, -0.05) is 6.92 Å². The van der Waals surface area contributed by atoms with Gasteiger partial charge in [0.2, 0.25) is 5.95 Å². The Hall–Kier alpha value is -3.13. The number of hydrogen-bond donors (Lipinski definition) is 2. The first-order chi connectivity index (χ1) is 14.2. The highest BCUT2D eigenvalue weighted by molar-refractivity contribution is 5.94. The lowest BCUT2D eigenvalue weighted by molar-refractivity contribution is 0.0303. The fraction of sp³-hybridized carbons (Fsp3) is 0.381. The Balaban J connectivity index is 1.65. The van der Waals surface area contributed by atoms with Gasteiger partial charge in [-0.3, -0.25) is 4.79 Å². The van der Waals surface area contributed by atoms with Gasteiger partial charge < -0.3 is 24.8 Å². The number of ether oxygens (including phenoxy) is 1. The first kappa shape index (κ1) is 19.2. The average Bonchev–Trinajstić information content (AvgIpc) is 3.27. The van der Waals surface area contributed by atoms with Crippen LogP contribution in [-0.2, 0) is 4.74 Å². The summed E-state index contributed by atoms with van der Waals surface area (Å²) in [7, 11) is 1.81. The highest BCUT2D eigenvalue weighted by atomic mass is 16.5. The summed E-state index contributed by atoms with van der Waals surface area (Å²) in [6.45, 7) is 5.42. The summed E-state index contributed by atoms with van der Waals surface area (Å²) in [6, 6.07) is 7.89. The number of rotatable bonds is 6. The van der Waals surface area contributed by atoms with Gasteiger partial charge in [-0.25, -0.2) is 4.98 Å². The van der Waals surface area contributed by atoms with Crippen molar-refractivity contribution in [1.29, 1.82) is 0 Å². The van der Waals surface area contributed by atoms with Gasteiger partial charge in [0.05, 0.1) is 24.3 Å². The molecule has 0 spiro atoms. The second kappa shape index (κ2) is 8.48. The molecule has 2 aromatic heterocycles. The smallest absolute Gasteiger partial charge is 0.255 e. The van der Waals surface area contributed by atoms with Gasteiger partial charge in [0.1, 0.15) is 5.82 Å². The molecule has 8 nitrogen and oxygen atoms in total. The number of amides is 1. The maximum absolute atomic E-state index is 12.7. The van der Waals surface area contributed by atoms with Gasteiger partial charge in [0.25, 0.3) is 5.91 Å². The van der Waals surface area contributed by atoms with E-state index in [2.05, 4.69) is 33.6 Å². The molecule has 0 saturated carbocycles. The maximum atomic E-state index is 12.7. The van der Waals surface area contributed by atoms with Crippen LogP contribution in [0.5, 0.6) is 0 Å². The predicted octanol–water partition coefficient (Wildman–Crippen LogP) is 2.76. The molecule has 152 valence electrons. The predicted molar refractivity (Wildman–Crippen MR) is 114 cm³/mol. The molecule has 0 radical (unpaired) electrons. The fourth-order valence-electron chi connectivity index (χ4n) is 3.40. The standard InChI is InChI=1S/C21H26N6O2/c1-3-7-23-19-17-13-16(4-5-18(17)24-21(22-2)25-19)27-8-6-15(14-27)20(28)26-9-11-29-12-10-26/h4-6,8,13-14H,3,7,9-12H2,1-2H3,(H2,22,23,24,25). The van der Waals surface area contributed by atoms with Crippen molar-refractivity contribution >= 4 is 28.6 Å². The zero-order valence-corrected chi connectivity index (χ0v) is 16.8. The topological polar surface area (TPSA) is 84.3 Å². The van der Waals surface area contributed by atoms with Crippen LogP contribution in [0.2, 0.25) is 0 Å². The van der Waals surface area contributed by atoms with E-state index in [0.717, 1.165) is 35.4 Å². The molecular weight excluding hydrogens is 368 g/mol. The molecule has 2 N–H and O–H groups in total. The lowest BCUT2D eigenvalue weighted by atomic mass is 10.2. The molecule has 1 aliphatic heterocycles. The number of nitrogens with one attached hydrogen (secondary N) is 2. The Labute approximate surface area is 169 Å². The summed E-state index contributed by atoms with van der Waals surface area (Å²) < 4.78 is 7.30. The van der Waals surface area contributed by atoms with E-state index in [1.165, 1.54) is 0 Å². The van der Waals surface area contributed by atoms with E-state index >= 15 is 0 Å². The molecule has 0 bridgehead atoms. The molecule has 1 aliphatic rings. The Bertz CT molecular complexity index is 1010. The van der Waals surface area contributed by atoms with Gasteiger partial charge in [-0.05, 0) is 30.7 Å². The summed E-state index contributed by atoms with van der Waals surface area (Å²) >= 11 is 0. The molecule has 0 unspecified atom stereocenters. The summed E-state index contributed by atoms with van der Waals surface area (Å²) in [5.41, 5.74) is 2.50. The summed E-state index contributed by atoms with van der Waals surface area (Å²) in [4.78, 5) is 23.7. The van der Waals surface area contributed by atoms with Crippen LogP contribution in [0.4, 0.5) is 11.8 Å². The lowest BCUT2D eigenvalue weighted by Crippen LogP contribution is -2.40. The average molecular weight is 394 g/mol. The summed E-state index contributed by atoms with van der Waals surface area (Å²) in [5, 5.41) is 7.34. The molecule has 4 rings (SSSR count). The van der Waals surface area contributed by atoms with Gasteiger partial charge in [-0.2, -0.15) is 4.98 Å². The molecule has 8 heteroatoms. The van der Waals surface area contributed by atoms with Crippen LogP contribution in [0.3, 0.4) is 0 Å². The first-order valence-corrected chi connectivity index (χ1v) is 9.98. The molecule has 1 amide bonds. The third-order valence-corrected chi connectivity index (χ3v) is 4.98. The zero-order valence-electron chi connectivity index (χ0n) is 16.8. The summed E-state index contributed by atoms with van der Waals surface area (Å²) in [6.07, 6.45) is 4.79. The third kappa shape index (κ3) is 4.02. The number of aromatic nitrogens is 3. The number of nitrogens with zero attached hydrogens (tertiary/aromatic N) is 4. The SMILES string of the molecule is CCCNc1nc(NC)nc2ccc(-n3ccc(C(=O)N4CCOCC4)c3)cc12. The van der Waals surface area contributed by atoms with Crippen LogP contribution in [-0.4, -0.2) is 65.2 Å². The number of anilines is 2. The molecule has 0 atom stereocenters. The molecule has 29 heavy (non-hydrogen) atoms. The van der Waals surface area contributed by atoms with E-state index in [1.807, 2.05) is 47.1 Å². The quantitative estimate of drug-likeness (QED) is 0.669. The number of carbonyl (C=O) groups excluding carboxylic acids is 1. The van der Waals surface area contributed by atoms with E-state index in [1.54, 1.807) is 0 Å². The van der Waals surface area contributed by atoms with Crippen molar-refractivity contribution in [2.45, 2.75) is 13.3 Å². The van der Waals surface area contributed by atoms with E-state index in [4.69, 9.17) is 4.74 Å². The second-order valence-corrected chi connectivity index (χ2v) is 6.99. The Morgan fingerprint density at radius 2 is 2.03 bits per heavy atom. The van der Waals surface area contributed by atoms with Crippen LogP contribution in [0, 0.1) is 0 Å². The normalized spacial score (nSPS) is 14.2. The van der Waals surface area contributed by atoms with E-state index < -0.39 is 0 Å². The van der Waals surface area contributed by atoms with Crippen molar-refractivity contribution < 1.29 is 9.53 Å². The van der Waals surface area contributed by atoms with Gasteiger partial charge >= 0.3 is 0 Å². The van der Waals surface area contributed by atoms with Crippen LogP contribution < -0.4 is 10.6 Å². The summed E-state index contributed by atoms with van der Waals surface area (Å²) in [5.74, 6) is 1.43. The number of hydrogen-bond acceptors (Lipinski definition) is 6. The van der Waals surface area contributed by atoms with Crippen molar-refractivity contribution in [3.63, 3.8) is 0 Å². The first-order valence-electron chi connectivity index (χ1n) is 9.98. The van der Waals surface area contributed by atoms with E-state index in [0.29, 0.717) is 37.8 Å². The number of morpholine rings is 1. The molecular formula is C21H26N6O2. The molecule has 1 saturated heterocycles. The fourth-order valence-corrected chi connectivity index (χ4v) is 3.40. The number of carbonyl (C=O) groups is 1. The molecule has 1 fully saturated rings. The van der Waals surface area contributed by atoms with Crippen molar-refractivity contribution in [3.8, 4) is 5.69 Å². The van der Waals surface area contributed by atoms with Crippen LogP contribution >= 0.6 is 0 Å². The number of fused-ring (bicyclic) bond motifs is 1. The Morgan fingerprint density at radius 3 is 2.79 bits per heavy atom. The van der Waals surface area contributed by atoms with Crippen molar-refractivity contribution in [3.05, 3.63) is 42.2 Å². The molecule has 0 aliphatic carbocycles. The molecule has 3 heterocycles. The van der Waals surface area contributed by atoms with Gasteiger partial charge in [-0.15, -0.1) is 0 Å². The molecule has 1 aromatic carbocycles. The molecule has 3 aromatic rings. The maximum Gasteiger partial charge on any atom is 0.255 e. The van der Waals surface area contributed by atoms with Crippen LogP contribution in [0.15, 0.2) is 36.7 Å². The van der Waals surface area contributed by atoms with Crippen molar-refractivity contribution in [2.75, 3.05) is 50.5 Å². The monoisotopic (exact) mass is 394 g/mol. The number of benzene rings is 1. The van der Waals surface area contributed by atoms with Gasteiger partial charge in [0, 0.05) is 50.1 Å². The van der Waals surface area contributed by atoms with Crippen molar-refractivity contribution in [1.82, 2.24) is 19.4 Å². The lowest BCUT2D eigenvalue weighted by Gasteiger charge is -2.26.